The largest absolute Gasteiger partial charge is 0.295 e. The summed E-state index contributed by atoms with van der Waals surface area (Å²) in [5.74, 6) is 0. The normalized spacial score (nSPS) is 10.5. The summed E-state index contributed by atoms with van der Waals surface area (Å²) >= 11 is 0. The molecule has 0 amide bonds. The molecule has 0 saturated carbocycles. The molecular weight excluding hydrogens is 138 g/mol. The van der Waals surface area contributed by atoms with Crippen LogP contribution in [0.15, 0.2) is 12.7 Å². The van der Waals surface area contributed by atoms with Crippen molar-refractivity contribution < 1.29 is 4.84 Å². The zero-order valence-corrected chi connectivity index (χ0v) is 7.68. The van der Waals surface area contributed by atoms with Gasteiger partial charge < -0.3 is 0 Å². The van der Waals surface area contributed by atoms with E-state index in [1.165, 1.54) is 12.8 Å². The quantitative estimate of drug-likeness (QED) is 0.415. The van der Waals surface area contributed by atoms with Crippen LogP contribution in [0.2, 0.25) is 0 Å². The third kappa shape index (κ3) is 6.07. The number of rotatable bonds is 7. The average molecular weight is 157 g/mol. The summed E-state index contributed by atoms with van der Waals surface area (Å²) in [6.45, 7) is 10.5. The first-order valence-electron chi connectivity index (χ1n) is 4.33. The molecule has 2 nitrogen and oxygen atoms in total. The van der Waals surface area contributed by atoms with Gasteiger partial charge >= 0.3 is 0 Å². The second kappa shape index (κ2) is 7.76. The van der Waals surface area contributed by atoms with E-state index >= 15 is 0 Å². The predicted molar refractivity (Wildman–Crippen MR) is 48.3 cm³/mol. The van der Waals surface area contributed by atoms with Crippen molar-refractivity contribution in [3.8, 4) is 0 Å². The van der Waals surface area contributed by atoms with Gasteiger partial charge in [0.25, 0.3) is 0 Å². The molecule has 66 valence electrons. The first-order valence-corrected chi connectivity index (χ1v) is 4.33. The van der Waals surface area contributed by atoms with Crippen LogP contribution < -0.4 is 0 Å². The molecule has 0 bridgehead atoms. The highest BCUT2D eigenvalue weighted by molar-refractivity contribution is 4.63. The Hall–Kier alpha value is -0.340. The van der Waals surface area contributed by atoms with Crippen molar-refractivity contribution in [3.05, 3.63) is 12.7 Å². The van der Waals surface area contributed by atoms with Crippen molar-refractivity contribution in [2.45, 2.75) is 26.7 Å². The van der Waals surface area contributed by atoms with Crippen LogP contribution in [0.4, 0.5) is 0 Å². The smallest absolute Gasteiger partial charge is 0.0864 e. The Morgan fingerprint density at radius 2 is 2.18 bits per heavy atom. The second-order valence-electron chi connectivity index (χ2n) is 2.46. The third-order valence-corrected chi connectivity index (χ3v) is 1.49. The van der Waals surface area contributed by atoms with E-state index in [2.05, 4.69) is 20.4 Å². The van der Waals surface area contributed by atoms with E-state index in [9.17, 15) is 0 Å². The van der Waals surface area contributed by atoms with E-state index in [0.29, 0.717) is 6.61 Å². The van der Waals surface area contributed by atoms with Gasteiger partial charge in [0.2, 0.25) is 0 Å². The minimum absolute atomic E-state index is 0.623. The fraction of sp³-hybridized carbons (Fsp3) is 0.778. The van der Waals surface area contributed by atoms with E-state index in [0.717, 1.165) is 13.1 Å². The molecular formula is C9H19NO. The Labute approximate surface area is 69.8 Å². The van der Waals surface area contributed by atoms with Gasteiger partial charge in [-0.15, -0.1) is 6.58 Å². The molecule has 0 aromatic carbocycles. The van der Waals surface area contributed by atoms with Crippen molar-refractivity contribution in [1.82, 2.24) is 5.06 Å². The number of hydroxylamine groups is 2. The van der Waals surface area contributed by atoms with Crippen LogP contribution in [0.5, 0.6) is 0 Å². The molecule has 2 heteroatoms. The summed E-state index contributed by atoms with van der Waals surface area (Å²) in [6, 6.07) is 0. The zero-order valence-electron chi connectivity index (χ0n) is 7.68. The minimum Gasteiger partial charge on any atom is -0.295 e. The highest BCUT2D eigenvalue weighted by Gasteiger charge is 1.98. The lowest BCUT2D eigenvalue weighted by Gasteiger charge is -2.18. The maximum atomic E-state index is 5.36. The van der Waals surface area contributed by atoms with Gasteiger partial charge in [0, 0.05) is 13.1 Å². The van der Waals surface area contributed by atoms with Gasteiger partial charge in [-0.3, -0.25) is 4.84 Å². The number of unbranched alkanes of at least 4 members (excludes halogenated alkanes) is 1. The Kier molecular flexibility index (Phi) is 7.52. The molecule has 0 rings (SSSR count). The van der Waals surface area contributed by atoms with Crippen molar-refractivity contribution >= 4 is 0 Å². The summed E-state index contributed by atoms with van der Waals surface area (Å²) in [5.41, 5.74) is 0. The van der Waals surface area contributed by atoms with Gasteiger partial charge in [-0.25, -0.2) is 0 Å². The predicted octanol–water partition coefficient (Wildman–Crippen LogP) is 2.23. The SMILES string of the molecule is C=CCON(CC)CCCC. The number of hydrogen-bond acceptors (Lipinski definition) is 2. The third-order valence-electron chi connectivity index (χ3n) is 1.49. The second-order valence-corrected chi connectivity index (χ2v) is 2.46. The van der Waals surface area contributed by atoms with Gasteiger partial charge in [-0.05, 0) is 6.42 Å². The Morgan fingerprint density at radius 3 is 2.64 bits per heavy atom. The van der Waals surface area contributed by atoms with Crippen LogP contribution in [0.1, 0.15) is 26.7 Å². The molecule has 0 fully saturated rings. The molecule has 0 heterocycles. The molecule has 0 aliphatic heterocycles. The van der Waals surface area contributed by atoms with Gasteiger partial charge in [0.15, 0.2) is 0 Å². The molecule has 0 aliphatic rings. The Balaban J connectivity index is 3.32. The lowest BCUT2D eigenvalue weighted by atomic mass is 10.3. The van der Waals surface area contributed by atoms with E-state index in [1.54, 1.807) is 6.08 Å². The van der Waals surface area contributed by atoms with Crippen LogP contribution in [0.25, 0.3) is 0 Å². The van der Waals surface area contributed by atoms with Gasteiger partial charge in [-0.1, -0.05) is 26.3 Å². The highest BCUT2D eigenvalue weighted by Crippen LogP contribution is 1.95. The van der Waals surface area contributed by atoms with E-state index in [-0.39, 0.29) is 0 Å². The molecule has 0 unspecified atom stereocenters. The summed E-state index contributed by atoms with van der Waals surface area (Å²) in [7, 11) is 0. The Bertz CT molecular complexity index is 93.6. The topological polar surface area (TPSA) is 12.5 Å². The monoisotopic (exact) mass is 157 g/mol. The molecule has 0 aliphatic carbocycles. The number of nitrogens with zero attached hydrogens (tertiary/aromatic N) is 1. The van der Waals surface area contributed by atoms with Crippen LogP contribution >= 0.6 is 0 Å². The molecule has 0 N–H and O–H groups in total. The van der Waals surface area contributed by atoms with Crippen molar-refractivity contribution in [3.63, 3.8) is 0 Å². The van der Waals surface area contributed by atoms with E-state index in [4.69, 9.17) is 4.84 Å². The summed E-state index contributed by atoms with van der Waals surface area (Å²) in [5, 5.41) is 1.98. The lowest BCUT2D eigenvalue weighted by molar-refractivity contribution is -0.145. The first kappa shape index (κ1) is 10.7. The maximum absolute atomic E-state index is 5.36. The van der Waals surface area contributed by atoms with Crippen molar-refractivity contribution in [2.75, 3.05) is 19.7 Å². The molecule has 0 spiro atoms. The highest BCUT2D eigenvalue weighted by atomic mass is 16.7. The van der Waals surface area contributed by atoms with Crippen LogP contribution in [0.3, 0.4) is 0 Å². The summed E-state index contributed by atoms with van der Waals surface area (Å²) in [6.07, 6.45) is 4.19. The standard InChI is InChI=1S/C9H19NO/c1-4-7-8-10(6-3)11-9-5-2/h5H,2,4,6-9H2,1,3H3. The van der Waals surface area contributed by atoms with Crippen molar-refractivity contribution in [2.24, 2.45) is 0 Å². The van der Waals surface area contributed by atoms with E-state index in [1.807, 2.05) is 5.06 Å². The Morgan fingerprint density at radius 1 is 1.45 bits per heavy atom. The van der Waals surface area contributed by atoms with Crippen molar-refractivity contribution in [1.29, 1.82) is 0 Å². The average Bonchev–Trinajstić information content (AvgIpc) is 2.05. The maximum Gasteiger partial charge on any atom is 0.0864 e. The van der Waals surface area contributed by atoms with Gasteiger partial charge in [0.1, 0.15) is 0 Å². The summed E-state index contributed by atoms with van der Waals surface area (Å²) < 4.78 is 0. The van der Waals surface area contributed by atoms with Crippen LogP contribution in [0, 0.1) is 0 Å². The molecule has 0 aromatic heterocycles. The van der Waals surface area contributed by atoms with Crippen LogP contribution in [-0.2, 0) is 4.84 Å². The molecule has 0 aromatic rings. The zero-order chi connectivity index (χ0) is 8.53. The molecule has 0 atom stereocenters. The minimum atomic E-state index is 0.623. The molecule has 0 radical (unpaired) electrons. The van der Waals surface area contributed by atoms with E-state index < -0.39 is 0 Å². The van der Waals surface area contributed by atoms with Crippen LogP contribution in [-0.4, -0.2) is 24.8 Å². The first-order chi connectivity index (χ1) is 5.35. The summed E-state index contributed by atoms with van der Waals surface area (Å²) in [4.78, 5) is 5.36. The lowest BCUT2D eigenvalue weighted by Crippen LogP contribution is -2.24. The number of hydrogen-bond donors (Lipinski definition) is 0. The van der Waals surface area contributed by atoms with Gasteiger partial charge in [-0.2, -0.15) is 5.06 Å². The molecule has 11 heavy (non-hydrogen) atoms. The fourth-order valence-electron chi connectivity index (χ4n) is 0.807. The van der Waals surface area contributed by atoms with Gasteiger partial charge in [0.05, 0.1) is 6.61 Å². The molecule has 0 saturated heterocycles. The fourth-order valence-corrected chi connectivity index (χ4v) is 0.807.